The van der Waals surface area contributed by atoms with Gasteiger partial charge in [-0.05, 0) is 79.2 Å². The molecule has 4 aromatic carbocycles. The number of anilines is 2. The van der Waals surface area contributed by atoms with Crippen molar-refractivity contribution in [2.24, 2.45) is 7.05 Å². The van der Waals surface area contributed by atoms with E-state index in [1.54, 1.807) is 111 Å². The van der Waals surface area contributed by atoms with Crippen LogP contribution in [0.2, 0.25) is 0 Å². The van der Waals surface area contributed by atoms with Crippen LogP contribution in [0.4, 0.5) is 11.4 Å². The lowest BCUT2D eigenvalue weighted by atomic mass is 10.1. The van der Waals surface area contributed by atoms with Crippen molar-refractivity contribution in [3.05, 3.63) is 142 Å². The maximum Gasteiger partial charge on any atom is 0.295 e. The Balaban J connectivity index is 1.23. The third kappa shape index (κ3) is 8.08. The molecule has 0 saturated carbocycles. The Morgan fingerprint density at radius 2 is 1.47 bits per heavy atom. The molecule has 1 heterocycles. The summed E-state index contributed by atoms with van der Waals surface area (Å²) in [6, 6.07) is 31.9. The number of para-hydroxylation sites is 1. The highest BCUT2D eigenvalue weighted by atomic mass is 32.2. The Morgan fingerprint density at radius 1 is 0.830 bits per heavy atom. The van der Waals surface area contributed by atoms with Gasteiger partial charge in [0.2, 0.25) is 5.91 Å². The highest BCUT2D eigenvalue weighted by Gasteiger charge is 2.19. The number of carbonyl (C=O) groups excluding carboxylic acids is 3. The number of amides is 3. The quantitative estimate of drug-likeness (QED) is 0.126. The molecule has 0 fully saturated rings. The van der Waals surface area contributed by atoms with Crippen molar-refractivity contribution in [3.8, 4) is 11.4 Å². The van der Waals surface area contributed by atoms with E-state index in [0.29, 0.717) is 33.9 Å². The second-order valence-electron chi connectivity index (χ2n) is 10.4. The zero-order valence-corrected chi connectivity index (χ0v) is 26.8. The van der Waals surface area contributed by atoms with Gasteiger partial charge in [-0.15, -0.1) is 11.8 Å². The molecular weight excluding hydrogens is 614 g/mol. The number of carbonyl (C=O) groups is 3. The van der Waals surface area contributed by atoms with Gasteiger partial charge in [0.15, 0.2) is 0 Å². The van der Waals surface area contributed by atoms with Gasteiger partial charge in [-0.2, -0.15) is 0 Å². The van der Waals surface area contributed by atoms with E-state index in [2.05, 4.69) is 16.0 Å². The summed E-state index contributed by atoms with van der Waals surface area (Å²) in [4.78, 5) is 53.0. The first-order valence-corrected chi connectivity index (χ1v) is 15.6. The summed E-state index contributed by atoms with van der Waals surface area (Å²) >= 11 is 1.29. The van der Waals surface area contributed by atoms with Crippen LogP contribution in [-0.2, 0) is 16.6 Å². The molecule has 0 aliphatic rings. The normalized spacial score (nSPS) is 11.1. The number of hydrogen-bond acceptors (Lipinski definition) is 6. The lowest BCUT2D eigenvalue weighted by Crippen LogP contribution is -2.30. The highest BCUT2D eigenvalue weighted by Crippen LogP contribution is 2.22. The van der Waals surface area contributed by atoms with Gasteiger partial charge in [0, 0.05) is 23.2 Å². The Bertz CT molecular complexity index is 1970. The summed E-state index contributed by atoms with van der Waals surface area (Å²) in [6.45, 7) is 1.78. The number of hydrogen-bond donors (Lipinski definition) is 3. The minimum absolute atomic E-state index is 0.0571. The molecule has 3 N–H and O–H groups in total. The molecule has 0 saturated heterocycles. The second-order valence-corrected chi connectivity index (χ2v) is 11.5. The highest BCUT2D eigenvalue weighted by molar-refractivity contribution is 8.00. The Hall–Kier alpha value is -5.81. The van der Waals surface area contributed by atoms with Crippen molar-refractivity contribution < 1.29 is 19.1 Å². The van der Waals surface area contributed by atoms with Crippen LogP contribution in [-0.4, -0.2) is 39.9 Å². The van der Waals surface area contributed by atoms with Gasteiger partial charge in [0.1, 0.15) is 17.1 Å². The summed E-state index contributed by atoms with van der Waals surface area (Å²) in [5, 5.41) is 8.31. The van der Waals surface area contributed by atoms with Gasteiger partial charge in [-0.25, -0.2) is 4.68 Å². The molecule has 0 spiro atoms. The molecule has 3 amide bonds. The fourth-order valence-corrected chi connectivity index (χ4v) is 5.38. The number of benzene rings is 4. The third-order valence-electron chi connectivity index (χ3n) is 7.26. The minimum Gasteiger partial charge on any atom is -0.497 e. The van der Waals surface area contributed by atoms with Crippen molar-refractivity contribution >= 4 is 46.9 Å². The molecular formula is C36H33N5O5S. The third-order valence-corrected chi connectivity index (χ3v) is 8.27. The van der Waals surface area contributed by atoms with Gasteiger partial charge in [0.05, 0.1) is 24.2 Å². The molecule has 10 nitrogen and oxygen atoms in total. The van der Waals surface area contributed by atoms with E-state index in [0.717, 1.165) is 4.90 Å². The smallest absolute Gasteiger partial charge is 0.295 e. The SMILES string of the molecule is COc1ccc(/C=C(\NC(=O)c2ccccc2)C(=O)Nc2ccc(SCC(=O)Nc3c(C)n(C)n(-c4ccccc4)c3=O)cc2)cc1. The lowest BCUT2D eigenvalue weighted by Gasteiger charge is -2.12. The Kier molecular flexibility index (Phi) is 10.4. The molecule has 5 rings (SSSR count). The van der Waals surface area contributed by atoms with Crippen LogP contribution in [0.3, 0.4) is 0 Å². The van der Waals surface area contributed by atoms with E-state index in [4.69, 9.17) is 4.74 Å². The van der Waals surface area contributed by atoms with Gasteiger partial charge < -0.3 is 20.7 Å². The fourth-order valence-electron chi connectivity index (χ4n) is 4.68. The number of thioether (sulfide) groups is 1. The maximum absolute atomic E-state index is 13.3. The van der Waals surface area contributed by atoms with Crippen molar-refractivity contribution in [3.63, 3.8) is 0 Å². The molecule has 47 heavy (non-hydrogen) atoms. The molecule has 238 valence electrons. The van der Waals surface area contributed by atoms with Crippen molar-refractivity contribution in [1.82, 2.24) is 14.7 Å². The largest absolute Gasteiger partial charge is 0.497 e. The van der Waals surface area contributed by atoms with Gasteiger partial charge in [0.25, 0.3) is 17.4 Å². The fraction of sp³-hybridized carbons (Fsp3) is 0.111. The predicted molar refractivity (Wildman–Crippen MR) is 185 cm³/mol. The van der Waals surface area contributed by atoms with Crippen LogP contribution >= 0.6 is 11.8 Å². The van der Waals surface area contributed by atoms with E-state index >= 15 is 0 Å². The molecule has 11 heteroatoms. The minimum atomic E-state index is -0.510. The second kappa shape index (κ2) is 15.0. The van der Waals surface area contributed by atoms with Crippen LogP contribution in [0.15, 0.2) is 125 Å². The predicted octanol–water partition coefficient (Wildman–Crippen LogP) is 5.63. The number of ether oxygens (including phenoxy) is 1. The van der Waals surface area contributed by atoms with Crippen LogP contribution < -0.4 is 26.2 Å². The molecule has 0 bridgehead atoms. The van der Waals surface area contributed by atoms with E-state index in [1.807, 2.05) is 30.3 Å². The summed E-state index contributed by atoms with van der Waals surface area (Å²) in [7, 11) is 3.33. The van der Waals surface area contributed by atoms with Gasteiger partial charge >= 0.3 is 0 Å². The molecule has 1 aromatic heterocycles. The number of methoxy groups -OCH3 is 1. The lowest BCUT2D eigenvalue weighted by molar-refractivity contribution is -0.114. The zero-order chi connectivity index (χ0) is 33.3. The Labute approximate surface area is 276 Å². The number of nitrogens with zero attached hydrogens (tertiary/aromatic N) is 2. The molecule has 0 atom stereocenters. The zero-order valence-electron chi connectivity index (χ0n) is 26.0. The number of nitrogens with one attached hydrogen (secondary N) is 3. The first-order valence-electron chi connectivity index (χ1n) is 14.6. The van der Waals surface area contributed by atoms with Crippen LogP contribution in [0.5, 0.6) is 5.75 Å². The van der Waals surface area contributed by atoms with Crippen LogP contribution in [0.1, 0.15) is 21.6 Å². The monoisotopic (exact) mass is 647 g/mol. The maximum atomic E-state index is 13.3. The van der Waals surface area contributed by atoms with Crippen molar-refractivity contribution in [1.29, 1.82) is 0 Å². The van der Waals surface area contributed by atoms with Crippen molar-refractivity contribution in [2.75, 3.05) is 23.5 Å². The van der Waals surface area contributed by atoms with Crippen molar-refractivity contribution in [2.45, 2.75) is 11.8 Å². The standard InChI is InChI=1S/C36H33N5O5S/c1-24-33(36(45)41(40(24)2)28-12-8-5-9-13-28)39-32(42)23-47-30-20-16-27(17-21-30)37-35(44)31(22-25-14-18-29(46-3)19-15-25)38-34(43)26-10-6-4-7-11-26/h4-22H,23H2,1-3H3,(H,37,44)(H,38,43)(H,39,42)/b31-22-. The van der Waals surface area contributed by atoms with E-state index in [-0.39, 0.29) is 28.6 Å². The molecule has 0 aliphatic heterocycles. The summed E-state index contributed by atoms with van der Waals surface area (Å²) in [6.07, 6.45) is 1.58. The van der Waals surface area contributed by atoms with Crippen LogP contribution in [0, 0.1) is 6.92 Å². The number of aromatic nitrogens is 2. The Morgan fingerprint density at radius 3 is 2.11 bits per heavy atom. The first kappa shape index (κ1) is 32.6. The summed E-state index contributed by atoms with van der Waals surface area (Å²) < 4.78 is 8.43. The summed E-state index contributed by atoms with van der Waals surface area (Å²) in [5.74, 6) is -0.510. The van der Waals surface area contributed by atoms with Gasteiger partial charge in [-0.3, -0.25) is 23.9 Å². The summed E-state index contributed by atoms with van der Waals surface area (Å²) in [5.41, 5.74) is 2.92. The average Bonchev–Trinajstić information content (AvgIpc) is 3.31. The molecule has 0 unspecified atom stereocenters. The topological polar surface area (TPSA) is 123 Å². The number of rotatable bonds is 11. The molecule has 5 aromatic rings. The average molecular weight is 648 g/mol. The first-order chi connectivity index (χ1) is 22.7. The van der Waals surface area contributed by atoms with Gasteiger partial charge in [-0.1, -0.05) is 48.5 Å². The van der Waals surface area contributed by atoms with E-state index in [1.165, 1.54) is 16.4 Å². The molecule has 0 aliphatic carbocycles. The van der Waals surface area contributed by atoms with E-state index in [9.17, 15) is 19.2 Å². The van der Waals surface area contributed by atoms with E-state index < -0.39 is 11.8 Å². The molecule has 0 radical (unpaired) electrons. The van der Waals surface area contributed by atoms with Crippen LogP contribution in [0.25, 0.3) is 11.8 Å².